The van der Waals surface area contributed by atoms with Gasteiger partial charge in [0, 0.05) is 36.2 Å². The van der Waals surface area contributed by atoms with Gasteiger partial charge < -0.3 is 9.64 Å². The maximum Gasteiger partial charge on any atom is 0.220 e. The van der Waals surface area contributed by atoms with Crippen molar-refractivity contribution in [3.63, 3.8) is 0 Å². The number of ether oxygens (including phenoxy) is 1. The van der Waals surface area contributed by atoms with Crippen LogP contribution in [0.4, 0.5) is 0 Å². The highest BCUT2D eigenvalue weighted by molar-refractivity contribution is 7.16. The second-order valence-corrected chi connectivity index (χ2v) is 7.55. The molecule has 0 bridgehead atoms. The Hall–Kier alpha value is -1.35. The van der Waals surface area contributed by atoms with Crippen molar-refractivity contribution in [2.24, 2.45) is 0 Å². The lowest BCUT2D eigenvalue weighted by molar-refractivity contribution is -0.146. The number of Topliss-reactive ketones (excluding diaryl/α,β-unsaturated/α-hetero) is 1. The highest BCUT2D eigenvalue weighted by atomic mass is 35.5. The van der Waals surface area contributed by atoms with E-state index in [1.807, 2.05) is 6.92 Å². The highest BCUT2D eigenvalue weighted by Gasteiger charge is 2.50. The minimum absolute atomic E-state index is 0.0319. The summed E-state index contributed by atoms with van der Waals surface area (Å²) in [6.45, 7) is 3.52. The van der Waals surface area contributed by atoms with Crippen molar-refractivity contribution >= 4 is 34.6 Å². The van der Waals surface area contributed by atoms with E-state index in [4.69, 9.17) is 22.8 Å². The quantitative estimate of drug-likeness (QED) is 0.684. The molecule has 0 radical (unpaired) electrons. The summed E-state index contributed by atoms with van der Waals surface area (Å²) in [6.07, 6.45) is 6.75. The number of hydrogen-bond donors (Lipinski definition) is 0. The average Bonchev–Trinajstić information content (AvgIpc) is 2.85. The van der Waals surface area contributed by atoms with Crippen LogP contribution in [0.25, 0.3) is 0 Å². The van der Waals surface area contributed by atoms with Crippen molar-refractivity contribution < 1.29 is 14.3 Å². The van der Waals surface area contributed by atoms with Crippen molar-refractivity contribution in [1.29, 1.82) is 0 Å². The number of hydrogen-bond acceptors (Lipinski definition) is 4. The summed E-state index contributed by atoms with van der Waals surface area (Å²) >= 11 is 7.48. The van der Waals surface area contributed by atoms with E-state index in [1.165, 1.54) is 18.3 Å². The summed E-state index contributed by atoms with van der Waals surface area (Å²) in [5.41, 5.74) is 0.0178. The van der Waals surface area contributed by atoms with Crippen molar-refractivity contribution in [3.05, 3.63) is 20.8 Å². The predicted molar refractivity (Wildman–Crippen MR) is 85.1 cm³/mol. The number of carbonyl (C=O) groups is 2. The Morgan fingerprint density at radius 1 is 1.59 bits per heavy atom. The first kappa shape index (κ1) is 15.5. The molecule has 0 aliphatic carbocycles. The van der Waals surface area contributed by atoms with E-state index in [-0.39, 0.29) is 30.4 Å². The summed E-state index contributed by atoms with van der Waals surface area (Å²) < 4.78 is 6.53. The molecule has 1 amide bonds. The van der Waals surface area contributed by atoms with Gasteiger partial charge in [0.25, 0.3) is 0 Å². The van der Waals surface area contributed by atoms with Gasteiger partial charge in [0.2, 0.25) is 5.91 Å². The van der Waals surface area contributed by atoms with E-state index in [0.717, 1.165) is 4.88 Å². The van der Waals surface area contributed by atoms with Crippen molar-refractivity contribution in [2.45, 2.75) is 44.4 Å². The summed E-state index contributed by atoms with van der Waals surface area (Å²) in [5.74, 6) is 2.60. The lowest BCUT2D eigenvalue weighted by atomic mass is 9.78. The Morgan fingerprint density at radius 2 is 2.32 bits per heavy atom. The number of piperidine rings is 1. The zero-order valence-electron chi connectivity index (χ0n) is 12.4. The molecular weight excluding hydrogens is 322 g/mol. The Bertz CT molecular complexity index is 692. The second-order valence-electron chi connectivity index (χ2n) is 5.87. The van der Waals surface area contributed by atoms with Crippen LogP contribution in [0.15, 0.2) is 6.07 Å². The van der Waals surface area contributed by atoms with Crippen LogP contribution in [0.3, 0.4) is 0 Å². The molecule has 0 N–H and O–H groups in total. The average molecular weight is 338 g/mol. The standard InChI is InChI=1S/C16H16ClNO3S/c1-4-11-7-16(6-9(2)18(11)10(3)19)15-12(5-14(17)22-15)13(20)8-21-16/h1,5,9,11H,6-8H2,2-3H3/t9-,11+,16-/m0/s1. The van der Waals surface area contributed by atoms with Crippen LogP contribution in [0, 0.1) is 12.3 Å². The third-order valence-electron chi connectivity index (χ3n) is 4.41. The molecule has 3 heterocycles. The highest BCUT2D eigenvalue weighted by Crippen LogP contribution is 2.49. The molecule has 3 atom stereocenters. The molecule has 1 fully saturated rings. The summed E-state index contributed by atoms with van der Waals surface area (Å²) in [6, 6.07) is 1.30. The van der Waals surface area contributed by atoms with Gasteiger partial charge in [-0.1, -0.05) is 17.5 Å². The number of likely N-dealkylation sites (tertiary alicyclic amines) is 1. The molecule has 116 valence electrons. The van der Waals surface area contributed by atoms with Gasteiger partial charge in [0.05, 0.1) is 10.4 Å². The number of rotatable bonds is 0. The van der Waals surface area contributed by atoms with E-state index < -0.39 is 5.60 Å². The van der Waals surface area contributed by atoms with Crippen LogP contribution in [0.1, 0.15) is 41.9 Å². The molecule has 3 rings (SSSR count). The number of ketones is 1. The molecule has 22 heavy (non-hydrogen) atoms. The van der Waals surface area contributed by atoms with Gasteiger partial charge >= 0.3 is 0 Å². The predicted octanol–water partition coefficient (Wildman–Crippen LogP) is 2.84. The van der Waals surface area contributed by atoms with Crippen LogP contribution >= 0.6 is 22.9 Å². The number of amides is 1. The zero-order valence-corrected chi connectivity index (χ0v) is 14.0. The van der Waals surface area contributed by atoms with Crippen LogP contribution in [-0.4, -0.2) is 35.3 Å². The van der Waals surface area contributed by atoms with Crippen LogP contribution in [0.5, 0.6) is 0 Å². The number of thiophene rings is 1. The number of halogens is 1. The molecule has 1 saturated heterocycles. The van der Waals surface area contributed by atoms with Gasteiger partial charge in [-0.05, 0) is 13.0 Å². The van der Waals surface area contributed by atoms with Crippen LogP contribution < -0.4 is 0 Å². The van der Waals surface area contributed by atoms with E-state index >= 15 is 0 Å². The first-order valence-electron chi connectivity index (χ1n) is 7.10. The number of fused-ring (bicyclic) bond motifs is 2. The van der Waals surface area contributed by atoms with Gasteiger partial charge in [0.15, 0.2) is 5.78 Å². The normalized spacial score (nSPS) is 31.0. The lowest BCUT2D eigenvalue weighted by Crippen LogP contribution is -2.56. The fraction of sp³-hybridized carbons (Fsp3) is 0.500. The number of carbonyl (C=O) groups excluding carboxylic acids is 2. The van der Waals surface area contributed by atoms with Crippen molar-refractivity contribution in [2.75, 3.05) is 6.61 Å². The molecule has 0 aromatic carbocycles. The largest absolute Gasteiger partial charge is 0.361 e. The van der Waals surface area contributed by atoms with E-state index in [1.54, 1.807) is 11.0 Å². The molecule has 1 spiro atoms. The fourth-order valence-corrected chi connectivity index (χ4v) is 5.01. The molecule has 2 aliphatic rings. The molecular formula is C16H16ClNO3S. The topological polar surface area (TPSA) is 46.6 Å². The van der Waals surface area contributed by atoms with Gasteiger partial charge in [-0.25, -0.2) is 0 Å². The Morgan fingerprint density at radius 3 is 2.95 bits per heavy atom. The maximum atomic E-state index is 12.0. The third kappa shape index (κ3) is 2.26. The smallest absolute Gasteiger partial charge is 0.220 e. The Labute approximate surface area is 138 Å². The molecule has 0 saturated carbocycles. The van der Waals surface area contributed by atoms with Gasteiger partial charge in [0.1, 0.15) is 12.2 Å². The van der Waals surface area contributed by atoms with Crippen LogP contribution in [0.2, 0.25) is 4.34 Å². The van der Waals surface area contributed by atoms with Crippen molar-refractivity contribution in [3.8, 4) is 12.3 Å². The monoisotopic (exact) mass is 337 g/mol. The number of nitrogens with zero attached hydrogens (tertiary/aromatic N) is 1. The SMILES string of the molecule is C#C[C@@H]1C[C@]2(C[C@H](C)N1C(C)=O)OCC(=O)c1cc(Cl)sc12. The van der Waals surface area contributed by atoms with E-state index in [2.05, 4.69) is 5.92 Å². The molecule has 1 aromatic rings. The molecule has 6 heteroatoms. The van der Waals surface area contributed by atoms with Crippen molar-refractivity contribution in [1.82, 2.24) is 4.90 Å². The maximum absolute atomic E-state index is 12.0. The Kier molecular flexibility index (Phi) is 3.80. The molecule has 4 nitrogen and oxygen atoms in total. The van der Waals surface area contributed by atoms with Gasteiger partial charge in [-0.2, -0.15) is 0 Å². The Balaban J connectivity index is 2.05. The number of terminal acetylenes is 1. The molecule has 0 unspecified atom stereocenters. The summed E-state index contributed by atoms with van der Waals surface area (Å²) in [4.78, 5) is 26.5. The van der Waals surface area contributed by atoms with E-state index in [9.17, 15) is 9.59 Å². The van der Waals surface area contributed by atoms with E-state index in [0.29, 0.717) is 22.7 Å². The van der Waals surface area contributed by atoms with Crippen LogP contribution in [-0.2, 0) is 15.1 Å². The third-order valence-corrected chi connectivity index (χ3v) is 5.86. The summed E-state index contributed by atoms with van der Waals surface area (Å²) in [5, 5.41) is 0. The van der Waals surface area contributed by atoms with Gasteiger partial charge in [-0.15, -0.1) is 17.8 Å². The first-order valence-corrected chi connectivity index (χ1v) is 8.29. The van der Waals surface area contributed by atoms with Gasteiger partial charge in [-0.3, -0.25) is 9.59 Å². The molecule has 1 aromatic heterocycles. The minimum Gasteiger partial charge on any atom is -0.361 e. The lowest BCUT2D eigenvalue weighted by Gasteiger charge is -2.49. The minimum atomic E-state index is -0.622. The molecule has 2 aliphatic heterocycles. The second kappa shape index (κ2) is 5.38. The fourth-order valence-electron chi connectivity index (χ4n) is 3.60. The first-order chi connectivity index (χ1) is 10.4. The zero-order chi connectivity index (χ0) is 16.1. The summed E-state index contributed by atoms with van der Waals surface area (Å²) in [7, 11) is 0.